The first-order valence-corrected chi connectivity index (χ1v) is 11.4. The van der Waals surface area contributed by atoms with E-state index in [0.29, 0.717) is 6.61 Å². The van der Waals surface area contributed by atoms with Crippen molar-refractivity contribution in [1.82, 2.24) is 0 Å². The average Bonchev–Trinajstić information content (AvgIpc) is 3.17. The second-order valence-corrected chi connectivity index (χ2v) is 8.83. The number of aliphatic hydroxyl groups is 1. The summed E-state index contributed by atoms with van der Waals surface area (Å²) in [5.41, 5.74) is 2.28. The topological polar surface area (TPSA) is 66.4 Å². The Labute approximate surface area is 180 Å². The van der Waals surface area contributed by atoms with Crippen molar-refractivity contribution in [2.45, 2.75) is 110 Å². The minimum atomic E-state index is -0.720. The summed E-state index contributed by atoms with van der Waals surface area (Å²) in [6, 6.07) is 6.33. The SMILES string of the molecule is CCCCOc1cc(CO[C@@H]2[C@H]3OC(C)(C)O[C@H]3O[C@@H]2[C@@H](C)O)ccc1CCCC. The van der Waals surface area contributed by atoms with E-state index in [-0.39, 0.29) is 6.10 Å². The van der Waals surface area contributed by atoms with Gasteiger partial charge in [0.05, 0.1) is 19.3 Å². The van der Waals surface area contributed by atoms with E-state index in [1.165, 1.54) is 5.56 Å². The van der Waals surface area contributed by atoms with Gasteiger partial charge in [-0.1, -0.05) is 38.8 Å². The van der Waals surface area contributed by atoms with Crippen molar-refractivity contribution < 1.29 is 28.8 Å². The smallest absolute Gasteiger partial charge is 0.190 e. The van der Waals surface area contributed by atoms with Crippen LogP contribution in [0.3, 0.4) is 0 Å². The summed E-state index contributed by atoms with van der Waals surface area (Å²) in [5.74, 6) is 0.231. The van der Waals surface area contributed by atoms with Gasteiger partial charge in [-0.05, 0) is 57.2 Å². The summed E-state index contributed by atoms with van der Waals surface area (Å²) in [4.78, 5) is 0. The van der Waals surface area contributed by atoms with Gasteiger partial charge in [0.2, 0.25) is 0 Å². The highest BCUT2D eigenvalue weighted by molar-refractivity contribution is 5.37. The van der Waals surface area contributed by atoms with Crippen LogP contribution in [0.2, 0.25) is 0 Å². The zero-order chi connectivity index (χ0) is 21.7. The molecule has 0 saturated carbocycles. The Morgan fingerprint density at radius 3 is 2.60 bits per heavy atom. The number of unbranched alkanes of at least 4 members (excludes halogenated alkanes) is 2. The largest absolute Gasteiger partial charge is 0.493 e. The molecule has 6 nitrogen and oxygen atoms in total. The van der Waals surface area contributed by atoms with Crippen molar-refractivity contribution in [3.8, 4) is 5.75 Å². The Kier molecular flexibility index (Phi) is 8.16. The number of fused-ring (bicyclic) bond motifs is 1. The van der Waals surface area contributed by atoms with Crippen LogP contribution in [0, 0.1) is 0 Å². The summed E-state index contributed by atoms with van der Waals surface area (Å²) in [6.45, 7) is 10.9. The molecule has 30 heavy (non-hydrogen) atoms. The Bertz CT molecular complexity index is 674. The molecule has 0 bridgehead atoms. The van der Waals surface area contributed by atoms with Crippen molar-refractivity contribution in [2.24, 2.45) is 0 Å². The van der Waals surface area contributed by atoms with E-state index in [1.54, 1.807) is 6.92 Å². The van der Waals surface area contributed by atoms with Crippen molar-refractivity contribution in [2.75, 3.05) is 6.61 Å². The van der Waals surface area contributed by atoms with Gasteiger partial charge in [0.25, 0.3) is 0 Å². The van der Waals surface area contributed by atoms with Gasteiger partial charge < -0.3 is 28.8 Å². The minimum absolute atomic E-state index is 0.358. The molecule has 170 valence electrons. The molecule has 2 aliphatic heterocycles. The molecule has 3 rings (SSSR count). The number of aryl methyl sites for hydroxylation is 1. The molecule has 2 fully saturated rings. The molecule has 1 aromatic carbocycles. The van der Waals surface area contributed by atoms with E-state index in [2.05, 4.69) is 32.0 Å². The predicted molar refractivity (Wildman–Crippen MR) is 114 cm³/mol. The third-order valence-corrected chi connectivity index (χ3v) is 5.63. The number of aliphatic hydroxyl groups excluding tert-OH is 1. The van der Waals surface area contributed by atoms with Crippen LogP contribution in [-0.4, -0.2) is 48.2 Å². The van der Waals surface area contributed by atoms with Gasteiger partial charge in [0.15, 0.2) is 12.1 Å². The summed E-state index contributed by atoms with van der Waals surface area (Å²) in [5, 5.41) is 10.2. The summed E-state index contributed by atoms with van der Waals surface area (Å²) in [6.07, 6.45) is 3.02. The van der Waals surface area contributed by atoms with Gasteiger partial charge >= 0.3 is 0 Å². The lowest BCUT2D eigenvalue weighted by Crippen LogP contribution is -2.41. The Morgan fingerprint density at radius 2 is 1.90 bits per heavy atom. The van der Waals surface area contributed by atoms with E-state index < -0.39 is 30.4 Å². The van der Waals surface area contributed by atoms with Gasteiger partial charge in [0.1, 0.15) is 24.1 Å². The Balaban J connectivity index is 1.69. The van der Waals surface area contributed by atoms with Crippen LogP contribution in [0.4, 0.5) is 0 Å². The Morgan fingerprint density at radius 1 is 1.13 bits per heavy atom. The number of rotatable bonds is 11. The molecule has 0 amide bonds. The molecule has 0 aromatic heterocycles. The number of benzene rings is 1. The third-order valence-electron chi connectivity index (χ3n) is 5.63. The normalized spacial score (nSPS) is 28.5. The molecule has 2 heterocycles. The fraction of sp³-hybridized carbons (Fsp3) is 0.750. The van der Waals surface area contributed by atoms with Crippen molar-refractivity contribution in [1.29, 1.82) is 0 Å². The lowest BCUT2D eigenvalue weighted by Gasteiger charge is -2.27. The highest BCUT2D eigenvalue weighted by Gasteiger charge is 2.56. The summed E-state index contributed by atoms with van der Waals surface area (Å²) >= 11 is 0. The van der Waals surface area contributed by atoms with Crippen LogP contribution >= 0.6 is 0 Å². The Hall–Kier alpha value is -1.18. The molecule has 6 heteroatoms. The maximum Gasteiger partial charge on any atom is 0.190 e. The lowest BCUT2D eigenvalue weighted by molar-refractivity contribution is -0.229. The quantitative estimate of drug-likeness (QED) is 0.535. The van der Waals surface area contributed by atoms with Crippen LogP contribution in [0.5, 0.6) is 5.75 Å². The minimum Gasteiger partial charge on any atom is -0.493 e. The zero-order valence-electron chi connectivity index (χ0n) is 19.1. The molecular formula is C24H38O6. The van der Waals surface area contributed by atoms with E-state index in [9.17, 15) is 5.11 Å². The van der Waals surface area contributed by atoms with Gasteiger partial charge in [-0.2, -0.15) is 0 Å². The molecule has 0 aliphatic carbocycles. The zero-order valence-corrected chi connectivity index (χ0v) is 19.1. The highest BCUT2D eigenvalue weighted by atomic mass is 16.8. The first-order valence-electron chi connectivity index (χ1n) is 11.4. The van der Waals surface area contributed by atoms with E-state index in [4.69, 9.17) is 23.7 Å². The van der Waals surface area contributed by atoms with Gasteiger partial charge in [-0.3, -0.25) is 0 Å². The fourth-order valence-corrected chi connectivity index (χ4v) is 4.00. The first-order chi connectivity index (χ1) is 14.3. The van der Waals surface area contributed by atoms with Crippen molar-refractivity contribution >= 4 is 0 Å². The van der Waals surface area contributed by atoms with Crippen molar-refractivity contribution in [3.05, 3.63) is 29.3 Å². The maximum atomic E-state index is 10.2. The number of ether oxygens (including phenoxy) is 5. The van der Waals surface area contributed by atoms with E-state index in [1.807, 2.05) is 13.8 Å². The first kappa shape index (κ1) is 23.5. The molecule has 2 saturated heterocycles. The molecule has 0 unspecified atom stereocenters. The molecule has 2 aliphatic rings. The molecular weight excluding hydrogens is 384 g/mol. The second kappa shape index (κ2) is 10.4. The molecule has 1 N–H and O–H groups in total. The van der Waals surface area contributed by atoms with Gasteiger partial charge in [-0.15, -0.1) is 0 Å². The fourth-order valence-electron chi connectivity index (χ4n) is 4.00. The second-order valence-electron chi connectivity index (χ2n) is 8.83. The van der Waals surface area contributed by atoms with Crippen LogP contribution in [0.15, 0.2) is 18.2 Å². The third kappa shape index (κ3) is 5.74. The van der Waals surface area contributed by atoms with Gasteiger partial charge in [-0.25, -0.2) is 0 Å². The average molecular weight is 423 g/mol. The maximum absolute atomic E-state index is 10.2. The standard InChI is InChI=1S/C24H38O6/c1-6-8-10-18-12-11-17(14-19(18)26-13-9-7-2)15-27-21-20(16(3)25)28-23-22(21)29-24(4,5)30-23/h11-12,14,16,20-23,25H,6-10,13,15H2,1-5H3/t16-,20-,21+,22-,23-/m1/s1. The summed E-state index contributed by atoms with van der Waals surface area (Å²) in [7, 11) is 0. The molecule has 0 spiro atoms. The van der Waals surface area contributed by atoms with E-state index in [0.717, 1.165) is 50.0 Å². The van der Waals surface area contributed by atoms with E-state index >= 15 is 0 Å². The molecule has 1 aromatic rings. The highest BCUT2D eigenvalue weighted by Crippen LogP contribution is 2.40. The molecule has 0 radical (unpaired) electrons. The number of hydrogen-bond acceptors (Lipinski definition) is 6. The number of hydrogen-bond donors (Lipinski definition) is 1. The van der Waals surface area contributed by atoms with Crippen LogP contribution < -0.4 is 4.74 Å². The van der Waals surface area contributed by atoms with Gasteiger partial charge in [0, 0.05) is 0 Å². The van der Waals surface area contributed by atoms with Crippen LogP contribution in [0.25, 0.3) is 0 Å². The van der Waals surface area contributed by atoms with Crippen molar-refractivity contribution in [3.63, 3.8) is 0 Å². The van der Waals surface area contributed by atoms with Crippen LogP contribution in [0.1, 0.15) is 71.4 Å². The monoisotopic (exact) mass is 422 g/mol. The predicted octanol–water partition coefficient (Wildman–Crippen LogP) is 4.35. The lowest BCUT2D eigenvalue weighted by atomic mass is 10.0. The summed E-state index contributed by atoms with van der Waals surface area (Å²) < 4.78 is 30.0. The van der Waals surface area contributed by atoms with Crippen LogP contribution in [-0.2, 0) is 32.0 Å². The molecule has 5 atom stereocenters.